The highest BCUT2D eigenvalue weighted by molar-refractivity contribution is 8.00. The largest absolute Gasteiger partial charge is 0.497 e. The van der Waals surface area contributed by atoms with Crippen LogP contribution in [0.15, 0.2) is 48.5 Å². The van der Waals surface area contributed by atoms with Crippen LogP contribution < -0.4 is 9.64 Å². The minimum atomic E-state index is -0.338. The molecule has 0 unspecified atom stereocenters. The number of piperazine rings is 1. The van der Waals surface area contributed by atoms with Crippen molar-refractivity contribution in [2.45, 2.75) is 45.3 Å². The molecule has 5 rings (SSSR count). The van der Waals surface area contributed by atoms with E-state index in [1.165, 1.54) is 0 Å². The van der Waals surface area contributed by atoms with E-state index in [9.17, 15) is 14.4 Å². The van der Waals surface area contributed by atoms with Gasteiger partial charge in [-0.2, -0.15) is 5.10 Å². The zero-order valence-electron chi connectivity index (χ0n) is 25.2. The summed E-state index contributed by atoms with van der Waals surface area (Å²) in [6.07, 6.45) is 0. The van der Waals surface area contributed by atoms with Gasteiger partial charge in [0.1, 0.15) is 18.1 Å². The van der Waals surface area contributed by atoms with Crippen LogP contribution in [0.3, 0.4) is 0 Å². The Bertz CT molecular complexity index is 1490. The second kappa shape index (κ2) is 11.8. The number of methoxy groups -OCH3 is 1. The first-order valence-electron chi connectivity index (χ1n) is 14.3. The van der Waals surface area contributed by atoms with Gasteiger partial charge in [0.15, 0.2) is 0 Å². The third-order valence-corrected chi connectivity index (χ3v) is 9.20. The molecule has 1 aromatic heterocycles. The number of hydrogen-bond acceptors (Lipinski definition) is 6. The standard InChI is InChI=1S/C32H39N5O4S/c1-21-9-7-8-10-25(21)29-28-30(32(3,4)5)33-37(23-11-13-24(41-6)14-12-23)31(28)36(27(40)20-42-29)19-26(39)35-17-15-34(16-18-35)22(2)38/h7-14,29H,15-20H2,1-6H3/t29-/m0/s1. The molecule has 0 N–H and O–H groups in total. The Morgan fingerprint density at radius 2 is 1.64 bits per heavy atom. The van der Waals surface area contributed by atoms with Crippen molar-refractivity contribution in [2.24, 2.45) is 0 Å². The fourth-order valence-corrected chi connectivity index (χ4v) is 6.90. The second-order valence-electron chi connectivity index (χ2n) is 11.9. The lowest BCUT2D eigenvalue weighted by atomic mass is 9.86. The van der Waals surface area contributed by atoms with Gasteiger partial charge in [-0.15, -0.1) is 11.8 Å². The van der Waals surface area contributed by atoms with Gasteiger partial charge in [0.05, 0.1) is 29.5 Å². The maximum absolute atomic E-state index is 14.0. The molecule has 9 nitrogen and oxygen atoms in total. The summed E-state index contributed by atoms with van der Waals surface area (Å²) in [7, 11) is 1.62. The summed E-state index contributed by atoms with van der Waals surface area (Å²) >= 11 is 1.58. The van der Waals surface area contributed by atoms with Gasteiger partial charge >= 0.3 is 0 Å². The van der Waals surface area contributed by atoms with Crippen LogP contribution in [0, 0.1) is 6.92 Å². The van der Waals surface area contributed by atoms with E-state index in [1.807, 2.05) is 41.1 Å². The van der Waals surface area contributed by atoms with Crippen molar-refractivity contribution in [1.29, 1.82) is 0 Å². The van der Waals surface area contributed by atoms with Gasteiger partial charge in [-0.1, -0.05) is 45.0 Å². The fraction of sp³-hybridized carbons (Fsp3) is 0.438. The highest BCUT2D eigenvalue weighted by Crippen LogP contribution is 2.49. The van der Waals surface area contributed by atoms with Crippen LogP contribution in [0.2, 0.25) is 0 Å². The third kappa shape index (κ3) is 5.77. The molecule has 10 heteroatoms. The number of rotatable bonds is 5. The number of hydrogen-bond donors (Lipinski definition) is 0. The molecule has 3 heterocycles. The minimum absolute atomic E-state index is 0.00631. The number of thioether (sulfide) groups is 1. The first-order chi connectivity index (χ1) is 20.0. The highest BCUT2D eigenvalue weighted by Gasteiger charge is 2.40. The predicted molar refractivity (Wildman–Crippen MR) is 165 cm³/mol. The number of anilines is 1. The molecule has 2 aliphatic rings. The smallest absolute Gasteiger partial charge is 0.242 e. The molecular formula is C32H39N5O4S. The molecule has 2 aliphatic heterocycles. The molecule has 222 valence electrons. The monoisotopic (exact) mass is 589 g/mol. The maximum atomic E-state index is 14.0. The Morgan fingerprint density at radius 3 is 2.24 bits per heavy atom. The first kappa shape index (κ1) is 29.7. The SMILES string of the molecule is COc1ccc(-n2nc(C(C)(C)C)c3c2N(CC(=O)N2CCN(C(C)=O)CC2)C(=O)CS[C@H]3c2ccccc2C)cc1. The van der Waals surface area contributed by atoms with Gasteiger partial charge in [-0.3, -0.25) is 19.3 Å². The zero-order chi connectivity index (χ0) is 30.2. The van der Waals surface area contributed by atoms with Crippen LogP contribution in [0.5, 0.6) is 5.75 Å². The number of amides is 3. The summed E-state index contributed by atoms with van der Waals surface area (Å²) < 4.78 is 7.22. The van der Waals surface area contributed by atoms with Crippen molar-refractivity contribution in [3.8, 4) is 11.4 Å². The average Bonchev–Trinajstić information content (AvgIpc) is 3.31. The molecule has 42 heavy (non-hydrogen) atoms. The van der Waals surface area contributed by atoms with E-state index in [2.05, 4.69) is 39.8 Å². The van der Waals surface area contributed by atoms with Crippen molar-refractivity contribution in [2.75, 3.05) is 50.5 Å². The maximum Gasteiger partial charge on any atom is 0.242 e. The topological polar surface area (TPSA) is 88.0 Å². The summed E-state index contributed by atoms with van der Waals surface area (Å²) in [6, 6.07) is 15.8. The summed E-state index contributed by atoms with van der Waals surface area (Å²) in [5, 5.41) is 5.02. The molecule has 1 atom stereocenters. The Hall–Kier alpha value is -3.79. The number of nitrogens with zero attached hydrogens (tertiary/aromatic N) is 5. The summed E-state index contributed by atoms with van der Waals surface area (Å²) in [4.78, 5) is 44.6. The Kier molecular flexibility index (Phi) is 8.37. The van der Waals surface area contributed by atoms with Crippen LogP contribution in [-0.2, 0) is 19.8 Å². The van der Waals surface area contributed by atoms with Crippen molar-refractivity contribution in [3.63, 3.8) is 0 Å². The molecule has 0 bridgehead atoms. The third-order valence-electron chi connectivity index (χ3n) is 7.96. The van der Waals surface area contributed by atoms with Gasteiger partial charge in [0.25, 0.3) is 0 Å². The molecule has 0 aliphatic carbocycles. The van der Waals surface area contributed by atoms with E-state index in [4.69, 9.17) is 9.84 Å². The van der Waals surface area contributed by atoms with Gasteiger partial charge in [-0.25, -0.2) is 4.68 Å². The Balaban J connectivity index is 1.66. The van der Waals surface area contributed by atoms with Crippen molar-refractivity contribution in [3.05, 3.63) is 70.9 Å². The number of aryl methyl sites for hydroxylation is 1. The van der Waals surface area contributed by atoms with Crippen molar-refractivity contribution < 1.29 is 19.1 Å². The molecule has 2 aromatic carbocycles. The summed E-state index contributed by atoms with van der Waals surface area (Å²) in [6.45, 7) is 11.8. The van der Waals surface area contributed by atoms with E-state index < -0.39 is 0 Å². The summed E-state index contributed by atoms with van der Waals surface area (Å²) in [5.74, 6) is 1.30. The number of benzene rings is 2. The van der Waals surface area contributed by atoms with E-state index in [1.54, 1.807) is 40.5 Å². The minimum Gasteiger partial charge on any atom is -0.497 e. The molecule has 3 aromatic rings. The fourth-order valence-electron chi connectivity index (χ4n) is 5.61. The molecular weight excluding hydrogens is 550 g/mol. The lowest BCUT2D eigenvalue weighted by molar-refractivity contribution is -0.137. The van der Waals surface area contributed by atoms with Crippen molar-refractivity contribution >= 4 is 35.3 Å². The first-order valence-corrected chi connectivity index (χ1v) is 15.3. The molecule has 1 saturated heterocycles. The summed E-state index contributed by atoms with van der Waals surface area (Å²) in [5.41, 5.74) is 4.55. The number of ether oxygens (including phenoxy) is 1. The second-order valence-corrected chi connectivity index (χ2v) is 13.0. The van der Waals surface area contributed by atoms with E-state index in [-0.39, 0.29) is 40.7 Å². The molecule has 1 fully saturated rings. The number of aromatic nitrogens is 2. The van der Waals surface area contributed by atoms with Crippen molar-refractivity contribution in [1.82, 2.24) is 19.6 Å². The molecule has 3 amide bonds. The van der Waals surface area contributed by atoms with Gasteiger partial charge in [0, 0.05) is 44.1 Å². The van der Waals surface area contributed by atoms with Crippen LogP contribution in [0.25, 0.3) is 5.69 Å². The molecule has 0 saturated carbocycles. The predicted octanol–water partition coefficient (Wildman–Crippen LogP) is 4.35. The van der Waals surface area contributed by atoms with Gasteiger partial charge in [-0.05, 0) is 42.3 Å². The normalized spacial score (nSPS) is 17.6. The van der Waals surface area contributed by atoms with E-state index in [0.29, 0.717) is 37.7 Å². The highest BCUT2D eigenvalue weighted by atomic mass is 32.2. The number of fused-ring (bicyclic) bond motifs is 1. The van der Waals surface area contributed by atoms with E-state index >= 15 is 0 Å². The van der Waals surface area contributed by atoms with Crippen LogP contribution in [0.4, 0.5) is 5.82 Å². The van der Waals surface area contributed by atoms with E-state index in [0.717, 1.165) is 28.1 Å². The van der Waals surface area contributed by atoms with Crippen LogP contribution >= 0.6 is 11.8 Å². The molecule has 0 spiro atoms. The lowest BCUT2D eigenvalue weighted by Gasteiger charge is -2.35. The molecule has 0 radical (unpaired) electrons. The zero-order valence-corrected chi connectivity index (χ0v) is 26.0. The number of carbonyl (C=O) groups is 3. The van der Waals surface area contributed by atoms with Gasteiger partial charge < -0.3 is 14.5 Å². The van der Waals surface area contributed by atoms with Crippen LogP contribution in [0.1, 0.15) is 55.3 Å². The number of carbonyl (C=O) groups excluding carboxylic acids is 3. The van der Waals surface area contributed by atoms with Gasteiger partial charge in [0.2, 0.25) is 17.7 Å². The average molecular weight is 590 g/mol. The Labute approximate surface area is 251 Å². The quantitative estimate of drug-likeness (QED) is 0.440. The lowest BCUT2D eigenvalue weighted by Crippen LogP contribution is -2.53. The van der Waals surface area contributed by atoms with Crippen LogP contribution in [-0.4, -0.2) is 82.9 Å². The Morgan fingerprint density at radius 1 is 1.00 bits per heavy atom.